The van der Waals surface area contributed by atoms with E-state index in [2.05, 4.69) is 19.2 Å². The van der Waals surface area contributed by atoms with Crippen LogP contribution in [0.15, 0.2) is 76.3 Å². The molecular formula is C27H28ClN3O3S. The van der Waals surface area contributed by atoms with Gasteiger partial charge in [0.1, 0.15) is 0 Å². The Labute approximate surface area is 215 Å². The Morgan fingerprint density at radius 3 is 2.54 bits per heavy atom. The fraction of sp³-hybridized carbons (Fsp3) is 0.296. The number of amides is 1. The maximum Gasteiger partial charge on any atom is 0.338 e. The molecule has 2 aliphatic heterocycles. The lowest BCUT2D eigenvalue weighted by Crippen LogP contribution is -2.38. The van der Waals surface area contributed by atoms with Crippen molar-refractivity contribution < 1.29 is 14.3 Å². The number of amidine groups is 1. The van der Waals surface area contributed by atoms with Crippen LogP contribution in [0.2, 0.25) is 5.02 Å². The second-order valence-electron chi connectivity index (χ2n) is 8.64. The normalized spacial score (nSPS) is 17.2. The molecule has 0 aliphatic carbocycles. The Kier molecular flexibility index (Phi) is 7.98. The molecule has 1 N–H and O–H groups in total. The highest BCUT2D eigenvalue weighted by atomic mass is 35.5. The Morgan fingerprint density at radius 1 is 1.14 bits per heavy atom. The Bertz CT molecular complexity index is 1210. The number of halogens is 1. The van der Waals surface area contributed by atoms with Crippen LogP contribution >= 0.6 is 23.4 Å². The van der Waals surface area contributed by atoms with Gasteiger partial charge in [0.05, 0.1) is 30.3 Å². The van der Waals surface area contributed by atoms with Crippen molar-refractivity contribution >= 4 is 46.1 Å². The Balaban J connectivity index is 1.84. The van der Waals surface area contributed by atoms with Gasteiger partial charge in [-0.25, -0.2) is 9.79 Å². The molecule has 0 spiro atoms. The summed E-state index contributed by atoms with van der Waals surface area (Å²) in [7, 11) is 0. The average Bonchev–Trinajstić information content (AvgIpc) is 3.25. The summed E-state index contributed by atoms with van der Waals surface area (Å²) in [5, 5.41) is 6.11. The van der Waals surface area contributed by atoms with E-state index in [4.69, 9.17) is 21.3 Å². The molecule has 0 fully saturated rings. The third kappa shape index (κ3) is 5.46. The van der Waals surface area contributed by atoms with Crippen molar-refractivity contribution in [3.05, 3.63) is 87.4 Å². The molecule has 4 rings (SSSR count). The number of ether oxygens (including phenoxy) is 1. The van der Waals surface area contributed by atoms with Crippen LogP contribution in [0.4, 0.5) is 0 Å². The molecular weight excluding hydrogens is 482 g/mol. The molecule has 182 valence electrons. The largest absolute Gasteiger partial charge is 0.463 e. The lowest BCUT2D eigenvalue weighted by molar-refractivity contribution is -0.139. The van der Waals surface area contributed by atoms with Gasteiger partial charge in [-0.3, -0.25) is 4.79 Å². The summed E-state index contributed by atoms with van der Waals surface area (Å²) >= 11 is 8.12. The SMILES string of the molecule is CCOC(=O)C1=C(c2ccccc2)N=C2SC=C(CC(=O)NCC(C)C)N2[C@@H]1c1ccccc1Cl. The first kappa shape index (κ1) is 25.1. The molecule has 2 aliphatic rings. The molecule has 35 heavy (non-hydrogen) atoms. The highest BCUT2D eigenvalue weighted by molar-refractivity contribution is 8.16. The third-order valence-corrected chi connectivity index (χ3v) is 6.83. The van der Waals surface area contributed by atoms with Crippen molar-refractivity contribution in [1.29, 1.82) is 0 Å². The van der Waals surface area contributed by atoms with E-state index in [1.165, 1.54) is 11.8 Å². The fourth-order valence-corrected chi connectivity index (χ4v) is 5.18. The van der Waals surface area contributed by atoms with Crippen LogP contribution in [0, 0.1) is 5.92 Å². The highest BCUT2D eigenvalue weighted by Gasteiger charge is 2.43. The minimum Gasteiger partial charge on any atom is -0.463 e. The quantitative estimate of drug-likeness (QED) is 0.457. The summed E-state index contributed by atoms with van der Waals surface area (Å²) < 4.78 is 5.51. The van der Waals surface area contributed by atoms with Crippen molar-refractivity contribution in [1.82, 2.24) is 10.2 Å². The van der Waals surface area contributed by atoms with Crippen LogP contribution < -0.4 is 5.32 Å². The molecule has 0 radical (unpaired) electrons. The molecule has 0 bridgehead atoms. The number of thioether (sulfide) groups is 1. The van der Waals surface area contributed by atoms with Gasteiger partial charge in [-0.05, 0) is 29.9 Å². The molecule has 1 amide bonds. The van der Waals surface area contributed by atoms with Gasteiger partial charge in [0, 0.05) is 22.8 Å². The molecule has 2 aromatic rings. The number of carbonyl (C=O) groups is 2. The van der Waals surface area contributed by atoms with Gasteiger partial charge >= 0.3 is 5.97 Å². The van der Waals surface area contributed by atoms with Gasteiger partial charge in [0.2, 0.25) is 5.91 Å². The first-order chi connectivity index (χ1) is 16.9. The number of nitrogens with zero attached hydrogens (tertiary/aromatic N) is 2. The van der Waals surface area contributed by atoms with Gasteiger partial charge in [-0.1, -0.05) is 85.7 Å². The molecule has 0 saturated carbocycles. The van der Waals surface area contributed by atoms with E-state index in [1.807, 2.05) is 58.8 Å². The van der Waals surface area contributed by atoms with Crippen LogP contribution in [0.25, 0.3) is 5.70 Å². The zero-order valence-corrected chi connectivity index (χ0v) is 21.5. The summed E-state index contributed by atoms with van der Waals surface area (Å²) in [6, 6.07) is 16.4. The maximum atomic E-state index is 13.4. The second kappa shape index (κ2) is 11.1. The summed E-state index contributed by atoms with van der Waals surface area (Å²) in [6.07, 6.45) is 0.163. The summed E-state index contributed by atoms with van der Waals surface area (Å²) in [4.78, 5) is 33.0. The monoisotopic (exact) mass is 509 g/mol. The van der Waals surface area contributed by atoms with Crippen molar-refractivity contribution in [3.63, 3.8) is 0 Å². The van der Waals surface area contributed by atoms with Crippen LogP contribution in [-0.4, -0.2) is 35.1 Å². The first-order valence-corrected chi connectivity index (χ1v) is 12.9. The number of aliphatic imine (C=N–C) groups is 1. The highest BCUT2D eigenvalue weighted by Crippen LogP contribution is 2.48. The molecule has 2 heterocycles. The van der Waals surface area contributed by atoms with Crippen molar-refractivity contribution in [2.45, 2.75) is 33.2 Å². The van der Waals surface area contributed by atoms with Crippen LogP contribution in [0.5, 0.6) is 0 Å². The fourth-order valence-electron chi connectivity index (χ4n) is 4.02. The van der Waals surface area contributed by atoms with Gasteiger partial charge in [0.25, 0.3) is 0 Å². The molecule has 2 aromatic carbocycles. The van der Waals surface area contributed by atoms with E-state index in [-0.39, 0.29) is 18.9 Å². The standard InChI is InChI=1S/C27H28ClN3O3S/c1-4-34-26(33)23-24(18-10-6-5-7-11-18)30-27-31(25(23)20-12-8-9-13-21(20)28)19(16-35-27)14-22(32)29-15-17(2)3/h5-13,16-17,25H,4,14-15H2,1-3H3,(H,29,32)/t25-/m1/s1. The first-order valence-electron chi connectivity index (χ1n) is 11.6. The van der Waals surface area contributed by atoms with Gasteiger partial charge in [-0.2, -0.15) is 0 Å². The van der Waals surface area contributed by atoms with Crippen molar-refractivity contribution in [3.8, 4) is 0 Å². The van der Waals surface area contributed by atoms with E-state index < -0.39 is 12.0 Å². The lowest BCUT2D eigenvalue weighted by Gasteiger charge is -2.37. The van der Waals surface area contributed by atoms with E-state index >= 15 is 0 Å². The number of nitrogens with one attached hydrogen (secondary N) is 1. The number of fused-ring (bicyclic) bond motifs is 1. The third-order valence-electron chi connectivity index (χ3n) is 5.60. The second-order valence-corrected chi connectivity index (χ2v) is 9.88. The number of carbonyl (C=O) groups excluding carboxylic acids is 2. The molecule has 0 aromatic heterocycles. The summed E-state index contributed by atoms with van der Waals surface area (Å²) in [6.45, 7) is 6.70. The topological polar surface area (TPSA) is 71.0 Å². The van der Waals surface area contributed by atoms with Crippen molar-refractivity contribution in [2.75, 3.05) is 13.2 Å². The number of rotatable bonds is 8. The van der Waals surface area contributed by atoms with Gasteiger partial charge in [-0.15, -0.1) is 0 Å². The number of hydrogen-bond donors (Lipinski definition) is 1. The van der Waals surface area contributed by atoms with E-state index in [0.717, 1.165) is 16.8 Å². The summed E-state index contributed by atoms with van der Waals surface area (Å²) in [5.41, 5.74) is 3.25. The zero-order chi connectivity index (χ0) is 24.9. The van der Waals surface area contributed by atoms with Crippen molar-refractivity contribution in [2.24, 2.45) is 10.9 Å². The predicted molar refractivity (Wildman–Crippen MR) is 142 cm³/mol. The number of benzene rings is 2. The predicted octanol–water partition coefficient (Wildman–Crippen LogP) is 5.78. The maximum absolute atomic E-state index is 13.4. The molecule has 1 atom stereocenters. The smallest absolute Gasteiger partial charge is 0.338 e. The van der Waals surface area contributed by atoms with Crippen LogP contribution in [-0.2, 0) is 14.3 Å². The van der Waals surface area contributed by atoms with E-state index in [0.29, 0.717) is 33.9 Å². The Hall–Kier alpha value is -3.03. The number of hydrogen-bond acceptors (Lipinski definition) is 6. The van der Waals surface area contributed by atoms with Crippen LogP contribution in [0.1, 0.15) is 44.4 Å². The minimum absolute atomic E-state index is 0.0831. The number of esters is 1. The van der Waals surface area contributed by atoms with Crippen LogP contribution in [0.3, 0.4) is 0 Å². The van der Waals surface area contributed by atoms with Gasteiger partial charge in [0.15, 0.2) is 5.17 Å². The van der Waals surface area contributed by atoms with E-state index in [9.17, 15) is 9.59 Å². The molecule has 6 nitrogen and oxygen atoms in total. The molecule has 0 unspecified atom stereocenters. The van der Waals surface area contributed by atoms with Gasteiger partial charge < -0.3 is 15.0 Å². The van der Waals surface area contributed by atoms with E-state index in [1.54, 1.807) is 13.0 Å². The average molecular weight is 510 g/mol. The lowest BCUT2D eigenvalue weighted by atomic mass is 9.91. The molecule has 8 heteroatoms. The Morgan fingerprint density at radius 2 is 1.86 bits per heavy atom. The zero-order valence-electron chi connectivity index (χ0n) is 20.0. The summed E-state index contributed by atoms with van der Waals surface area (Å²) in [5.74, 6) is -0.194. The molecule has 0 saturated heterocycles. The minimum atomic E-state index is -0.593.